The summed E-state index contributed by atoms with van der Waals surface area (Å²) in [6, 6.07) is 13.2. The van der Waals surface area contributed by atoms with Crippen LogP contribution in [0.5, 0.6) is 0 Å². The van der Waals surface area contributed by atoms with Crippen LogP contribution in [0.2, 0.25) is 0 Å². The zero-order chi connectivity index (χ0) is 19.9. The molecule has 0 aliphatic rings. The van der Waals surface area contributed by atoms with Crippen LogP contribution in [0, 0.1) is 6.92 Å². The topological polar surface area (TPSA) is 97.4 Å². The Bertz CT molecular complexity index is 944. The highest BCUT2D eigenvalue weighted by molar-refractivity contribution is 5.99. The second kappa shape index (κ2) is 9.03. The highest BCUT2D eigenvalue weighted by Gasteiger charge is 2.20. The molecule has 0 saturated carbocycles. The van der Waals surface area contributed by atoms with Crippen LogP contribution in [0.4, 0.5) is 0 Å². The molecule has 7 nitrogen and oxygen atoms in total. The number of benzene rings is 1. The standard InChI is InChI=1S/C21H23N3O4/c1-15-11-12-18(28-15)20-17(14-24(23-20)16-8-4-2-5-9-16)21(27)22-13-7-3-6-10-19(25)26/h2,4-5,8-9,11-12,14H,3,6-7,10,13H2,1H3,(H,22,27)(H,25,26). The van der Waals surface area contributed by atoms with Gasteiger partial charge in [0, 0.05) is 19.2 Å². The van der Waals surface area contributed by atoms with Gasteiger partial charge in [-0.1, -0.05) is 24.6 Å². The number of carboxylic acid groups (broad SMARTS) is 1. The van der Waals surface area contributed by atoms with Crippen LogP contribution in [-0.2, 0) is 4.79 Å². The highest BCUT2D eigenvalue weighted by Crippen LogP contribution is 2.25. The van der Waals surface area contributed by atoms with Crippen molar-refractivity contribution in [3.8, 4) is 17.1 Å². The predicted octanol–water partition coefficient (Wildman–Crippen LogP) is 3.82. The Morgan fingerprint density at radius 3 is 2.57 bits per heavy atom. The van der Waals surface area contributed by atoms with Crippen molar-refractivity contribution in [3.63, 3.8) is 0 Å². The monoisotopic (exact) mass is 381 g/mol. The molecule has 0 spiro atoms. The number of furan rings is 1. The summed E-state index contributed by atoms with van der Waals surface area (Å²) in [7, 11) is 0. The van der Waals surface area contributed by atoms with Gasteiger partial charge in [-0.25, -0.2) is 4.68 Å². The molecule has 3 aromatic rings. The smallest absolute Gasteiger partial charge is 0.303 e. The van der Waals surface area contributed by atoms with E-state index in [1.165, 1.54) is 0 Å². The third kappa shape index (κ3) is 4.88. The fourth-order valence-electron chi connectivity index (χ4n) is 2.87. The molecule has 0 saturated heterocycles. The largest absolute Gasteiger partial charge is 0.481 e. The van der Waals surface area contributed by atoms with Crippen LogP contribution in [-0.4, -0.2) is 33.3 Å². The molecule has 2 heterocycles. The second-order valence-electron chi connectivity index (χ2n) is 6.54. The molecule has 0 atom stereocenters. The van der Waals surface area contributed by atoms with Gasteiger partial charge in [-0.05, 0) is 44.0 Å². The van der Waals surface area contributed by atoms with E-state index in [2.05, 4.69) is 10.4 Å². The summed E-state index contributed by atoms with van der Waals surface area (Å²) < 4.78 is 7.34. The first-order chi connectivity index (χ1) is 13.5. The number of para-hydroxylation sites is 1. The Morgan fingerprint density at radius 2 is 1.89 bits per heavy atom. The number of nitrogens with one attached hydrogen (secondary N) is 1. The van der Waals surface area contributed by atoms with Crippen molar-refractivity contribution < 1.29 is 19.1 Å². The summed E-state index contributed by atoms with van der Waals surface area (Å²) in [5.74, 6) is 0.257. The number of aromatic nitrogens is 2. The van der Waals surface area contributed by atoms with Crippen LogP contribution < -0.4 is 5.32 Å². The van der Waals surface area contributed by atoms with E-state index in [4.69, 9.17) is 9.52 Å². The first kappa shape index (κ1) is 19.4. The van der Waals surface area contributed by atoms with Gasteiger partial charge < -0.3 is 14.8 Å². The lowest BCUT2D eigenvalue weighted by Crippen LogP contribution is -2.24. The number of carboxylic acids is 1. The number of aliphatic carboxylic acids is 1. The van der Waals surface area contributed by atoms with Crippen LogP contribution in [0.1, 0.15) is 41.8 Å². The maximum atomic E-state index is 12.7. The zero-order valence-corrected chi connectivity index (χ0v) is 15.7. The number of rotatable bonds is 9. The van der Waals surface area contributed by atoms with Crippen molar-refractivity contribution in [3.05, 3.63) is 60.0 Å². The van der Waals surface area contributed by atoms with Gasteiger partial charge in [-0.3, -0.25) is 9.59 Å². The van der Waals surface area contributed by atoms with Gasteiger partial charge in [0.15, 0.2) is 5.76 Å². The normalized spacial score (nSPS) is 10.8. The summed E-state index contributed by atoms with van der Waals surface area (Å²) >= 11 is 0. The van der Waals surface area contributed by atoms with E-state index in [1.54, 1.807) is 16.9 Å². The van der Waals surface area contributed by atoms with E-state index >= 15 is 0 Å². The number of amides is 1. The summed E-state index contributed by atoms with van der Waals surface area (Å²) in [4.78, 5) is 23.3. The molecular weight excluding hydrogens is 358 g/mol. The molecule has 0 radical (unpaired) electrons. The number of carbonyl (C=O) groups is 2. The maximum absolute atomic E-state index is 12.7. The predicted molar refractivity (Wildman–Crippen MR) is 104 cm³/mol. The van der Waals surface area contributed by atoms with Crippen LogP contribution in [0.25, 0.3) is 17.1 Å². The van der Waals surface area contributed by atoms with Gasteiger partial charge in [0.1, 0.15) is 11.5 Å². The molecule has 2 aromatic heterocycles. The molecule has 0 fully saturated rings. The summed E-state index contributed by atoms with van der Waals surface area (Å²) in [5, 5.41) is 16.1. The number of unbranched alkanes of at least 4 members (excludes halogenated alkanes) is 2. The van der Waals surface area contributed by atoms with Gasteiger partial charge in [0.2, 0.25) is 0 Å². The molecule has 0 bridgehead atoms. The molecule has 3 rings (SSSR count). The molecule has 2 N–H and O–H groups in total. The highest BCUT2D eigenvalue weighted by atomic mass is 16.4. The quantitative estimate of drug-likeness (QED) is 0.549. The number of hydrogen-bond donors (Lipinski definition) is 2. The average molecular weight is 381 g/mol. The Balaban J connectivity index is 1.74. The molecular formula is C21H23N3O4. The van der Waals surface area contributed by atoms with E-state index in [1.807, 2.05) is 43.3 Å². The van der Waals surface area contributed by atoms with Crippen LogP contribution in [0.3, 0.4) is 0 Å². The van der Waals surface area contributed by atoms with Crippen molar-refractivity contribution >= 4 is 11.9 Å². The number of carbonyl (C=O) groups excluding carboxylic acids is 1. The van der Waals surface area contributed by atoms with Crippen LogP contribution >= 0.6 is 0 Å². The summed E-state index contributed by atoms with van der Waals surface area (Å²) in [6.07, 6.45) is 3.93. The van der Waals surface area contributed by atoms with Gasteiger partial charge in [0.25, 0.3) is 5.91 Å². The van der Waals surface area contributed by atoms with Crippen molar-refractivity contribution in [1.82, 2.24) is 15.1 Å². The Kier molecular flexibility index (Phi) is 6.26. The SMILES string of the molecule is Cc1ccc(-c2nn(-c3ccccc3)cc2C(=O)NCCCCCC(=O)O)o1. The number of nitrogens with zero attached hydrogens (tertiary/aromatic N) is 2. The van der Waals surface area contributed by atoms with Gasteiger partial charge in [-0.15, -0.1) is 0 Å². The van der Waals surface area contributed by atoms with E-state index in [0.29, 0.717) is 30.0 Å². The maximum Gasteiger partial charge on any atom is 0.303 e. The molecule has 1 amide bonds. The average Bonchev–Trinajstić information content (AvgIpc) is 3.31. The van der Waals surface area contributed by atoms with E-state index in [-0.39, 0.29) is 12.3 Å². The molecule has 0 aliphatic heterocycles. The minimum atomic E-state index is -0.796. The van der Waals surface area contributed by atoms with Gasteiger partial charge >= 0.3 is 5.97 Å². The minimum absolute atomic E-state index is 0.153. The first-order valence-corrected chi connectivity index (χ1v) is 9.26. The number of aryl methyl sites for hydroxylation is 1. The number of hydrogen-bond acceptors (Lipinski definition) is 4. The molecule has 0 aliphatic carbocycles. The van der Waals surface area contributed by atoms with Gasteiger partial charge in [-0.2, -0.15) is 5.10 Å². The minimum Gasteiger partial charge on any atom is -0.481 e. The Hall–Kier alpha value is -3.35. The van der Waals surface area contributed by atoms with Crippen molar-refractivity contribution in [2.75, 3.05) is 6.54 Å². The fraction of sp³-hybridized carbons (Fsp3) is 0.286. The molecule has 146 valence electrons. The Morgan fingerprint density at radius 1 is 1.11 bits per heavy atom. The molecule has 0 unspecified atom stereocenters. The van der Waals surface area contributed by atoms with Crippen molar-refractivity contribution in [2.24, 2.45) is 0 Å². The summed E-state index contributed by atoms with van der Waals surface area (Å²) in [6.45, 7) is 2.32. The third-order valence-corrected chi connectivity index (χ3v) is 4.31. The lowest BCUT2D eigenvalue weighted by molar-refractivity contribution is -0.137. The van der Waals surface area contributed by atoms with Crippen molar-refractivity contribution in [2.45, 2.75) is 32.6 Å². The fourth-order valence-corrected chi connectivity index (χ4v) is 2.87. The van der Waals surface area contributed by atoms with E-state index in [0.717, 1.165) is 24.3 Å². The summed E-state index contributed by atoms with van der Waals surface area (Å²) in [5.41, 5.74) is 1.77. The molecule has 1 aromatic carbocycles. The van der Waals surface area contributed by atoms with Gasteiger partial charge in [0.05, 0.1) is 11.3 Å². The first-order valence-electron chi connectivity index (χ1n) is 9.26. The Labute approximate surface area is 163 Å². The third-order valence-electron chi connectivity index (χ3n) is 4.31. The zero-order valence-electron chi connectivity index (χ0n) is 15.7. The molecule has 28 heavy (non-hydrogen) atoms. The lowest BCUT2D eigenvalue weighted by Gasteiger charge is -2.04. The van der Waals surface area contributed by atoms with Crippen molar-refractivity contribution in [1.29, 1.82) is 0 Å². The lowest BCUT2D eigenvalue weighted by atomic mass is 10.1. The van der Waals surface area contributed by atoms with E-state index in [9.17, 15) is 9.59 Å². The second-order valence-corrected chi connectivity index (χ2v) is 6.54. The molecule has 7 heteroatoms. The van der Waals surface area contributed by atoms with Crippen LogP contribution in [0.15, 0.2) is 53.1 Å². The van der Waals surface area contributed by atoms with E-state index < -0.39 is 5.97 Å².